The number of carbonyl (C=O) groups excluding carboxylic acids is 1. The Morgan fingerprint density at radius 2 is 1.76 bits per heavy atom. The van der Waals surface area contributed by atoms with Crippen LogP contribution >= 0.6 is 0 Å². The van der Waals surface area contributed by atoms with Crippen molar-refractivity contribution in [3.05, 3.63) is 76.6 Å². The number of unbranched alkanes of at least 4 members (excludes halogenated alkanes) is 2. The summed E-state index contributed by atoms with van der Waals surface area (Å²) in [6, 6.07) is 10.8. The van der Waals surface area contributed by atoms with Crippen molar-refractivity contribution in [1.29, 1.82) is 0 Å². The van der Waals surface area contributed by atoms with Gasteiger partial charge < -0.3 is 20.1 Å². The minimum atomic E-state index is -4.80. The molecule has 0 spiro atoms. The molecule has 3 aromatic carbocycles. The molecule has 0 aliphatic carbocycles. The first kappa shape index (κ1) is 27.0. The topological polar surface area (TPSA) is 94.6 Å². The second kappa shape index (κ2) is 10.7. The minimum absolute atomic E-state index is 0.0785. The molecule has 0 fully saturated rings. The fourth-order valence-electron chi connectivity index (χ4n) is 4.77. The van der Waals surface area contributed by atoms with Crippen LogP contribution in [0.4, 0.5) is 17.6 Å². The van der Waals surface area contributed by atoms with Crippen molar-refractivity contribution in [1.82, 2.24) is 4.57 Å². The summed E-state index contributed by atoms with van der Waals surface area (Å²) in [5.74, 6) is -2.89. The molecule has 3 N–H and O–H groups in total. The number of rotatable bonds is 10. The van der Waals surface area contributed by atoms with Crippen LogP contribution < -0.4 is 10.5 Å². The van der Waals surface area contributed by atoms with Crippen LogP contribution in [0.3, 0.4) is 0 Å². The Bertz CT molecular complexity index is 1530. The maximum absolute atomic E-state index is 14.9. The van der Waals surface area contributed by atoms with Crippen LogP contribution in [0.15, 0.2) is 48.5 Å². The van der Waals surface area contributed by atoms with E-state index >= 15 is 0 Å². The average molecular weight is 531 g/mol. The van der Waals surface area contributed by atoms with Crippen molar-refractivity contribution < 1.29 is 37.0 Å². The highest BCUT2D eigenvalue weighted by Crippen LogP contribution is 2.41. The summed E-state index contributed by atoms with van der Waals surface area (Å²) in [5, 5.41) is 9.84. The van der Waals surface area contributed by atoms with E-state index in [2.05, 4.69) is 0 Å². The molecule has 200 valence electrons. The maximum Gasteiger partial charge on any atom is 0.416 e. The van der Waals surface area contributed by atoms with Gasteiger partial charge in [0, 0.05) is 16.5 Å². The second-order valence-corrected chi connectivity index (χ2v) is 9.04. The first-order chi connectivity index (χ1) is 18.0. The Labute approximate surface area is 215 Å². The summed E-state index contributed by atoms with van der Waals surface area (Å²) >= 11 is 0. The summed E-state index contributed by atoms with van der Waals surface area (Å²) < 4.78 is 63.4. The number of benzene rings is 3. The number of aryl methyl sites for hydroxylation is 1. The molecule has 0 saturated carbocycles. The van der Waals surface area contributed by atoms with E-state index in [0.717, 1.165) is 43.0 Å². The number of carboxylic acids is 1. The third kappa shape index (κ3) is 5.29. The van der Waals surface area contributed by atoms with Crippen molar-refractivity contribution in [3.63, 3.8) is 0 Å². The molecule has 0 radical (unpaired) electrons. The van der Waals surface area contributed by atoms with Gasteiger partial charge in [0.15, 0.2) is 6.61 Å². The van der Waals surface area contributed by atoms with Crippen molar-refractivity contribution in [2.24, 2.45) is 5.73 Å². The molecule has 1 heterocycles. The van der Waals surface area contributed by atoms with Crippen LogP contribution in [0.1, 0.15) is 53.2 Å². The molecule has 6 nitrogen and oxygen atoms in total. The van der Waals surface area contributed by atoms with Gasteiger partial charge in [-0.1, -0.05) is 31.9 Å². The fourth-order valence-corrected chi connectivity index (χ4v) is 4.77. The number of carbonyl (C=O) groups is 2. The van der Waals surface area contributed by atoms with Gasteiger partial charge in [0.1, 0.15) is 11.6 Å². The number of aromatic nitrogens is 1. The standard InChI is InChI=1S/C28H26F4N2O4/c1-2-3-4-7-16-12-22-26(23(13-16)38-15-24(35)36)25-17(27(33)37)8-5-11-21(25)34(22)14-18-19(28(30,31)32)9-6-10-20(18)29/h5-6,8-13H,2-4,7,14-15H2,1H3,(H2,33,37)(H,35,36). The highest BCUT2D eigenvalue weighted by Gasteiger charge is 2.35. The number of carboxylic acid groups (broad SMARTS) is 1. The lowest BCUT2D eigenvalue weighted by Crippen LogP contribution is -2.14. The zero-order valence-electron chi connectivity index (χ0n) is 20.6. The molecule has 4 rings (SSSR count). The number of nitrogens with zero attached hydrogens (tertiary/aromatic N) is 1. The number of primary amides is 1. The monoisotopic (exact) mass is 530 g/mol. The lowest BCUT2D eigenvalue weighted by Gasteiger charge is -2.16. The van der Waals surface area contributed by atoms with Crippen LogP contribution in [0.2, 0.25) is 0 Å². The molecule has 38 heavy (non-hydrogen) atoms. The van der Waals surface area contributed by atoms with Crippen LogP contribution in [0.25, 0.3) is 21.8 Å². The Kier molecular flexibility index (Phi) is 7.61. The number of hydrogen-bond donors (Lipinski definition) is 2. The van der Waals surface area contributed by atoms with Gasteiger partial charge >= 0.3 is 12.1 Å². The Balaban J connectivity index is 2.06. The predicted molar refractivity (Wildman–Crippen MR) is 135 cm³/mol. The molecule has 1 amide bonds. The van der Waals surface area contributed by atoms with E-state index in [-0.39, 0.29) is 11.3 Å². The van der Waals surface area contributed by atoms with E-state index in [1.54, 1.807) is 18.2 Å². The first-order valence-electron chi connectivity index (χ1n) is 12.1. The zero-order valence-corrected chi connectivity index (χ0v) is 20.6. The van der Waals surface area contributed by atoms with Crippen molar-refractivity contribution in [2.75, 3.05) is 6.61 Å². The van der Waals surface area contributed by atoms with Gasteiger partial charge in [0.05, 0.1) is 28.5 Å². The van der Waals surface area contributed by atoms with Crippen molar-refractivity contribution in [3.8, 4) is 5.75 Å². The zero-order chi connectivity index (χ0) is 27.6. The fraction of sp³-hybridized carbons (Fsp3) is 0.286. The predicted octanol–water partition coefficient (Wildman–Crippen LogP) is 6.30. The Hall–Kier alpha value is -4.08. The molecule has 10 heteroatoms. The van der Waals surface area contributed by atoms with E-state index in [1.807, 2.05) is 6.92 Å². The second-order valence-electron chi connectivity index (χ2n) is 9.04. The van der Waals surface area contributed by atoms with E-state index < -0.39 is 48.1 Å². The van der Waals surface area contributed by atoms with E-state index in [1.165, 1.54) is 16.7 Å². The molecule has 0 aliphatic rings. The Morgan fingerprint density at radius 3 is 2.42 bits per heavy atom. The first-order valence-corrected chi connectivity index (χ1v) is 12.1. The van der Waals surface area contributed by atoms with E-state index in [4.69, 9.17) is 10.5 Å². The van der Waals surface area contributed by atoms with Crippen molar-refractivity contribution >= 4 is 33.7 Å². The highest BCUT2D eigenvalue weighted by molar-refractivity contribution is 6.20. The van der Waals surface area contributed by atoms with Gasteiger partial charge in [-0.25, -0.2) is 9.18 Å². The third-order valence-electron chi connectivity index (χ3n) is 6.44. The number of alkyl halides is 3. The largest absolute Gasteiger partial charge is 0.481 e. The van der Waals surface area contributed by atoms with Crippen LogP contribution in [0, 0.1) is 5.82 Å². The molecule has 0 bridgehead atoms. The number of halogens is 4. The smallest absolute Gasteiger partial charge is 0.416 e. The Morgan fingerprint density at radius 1 is 1.03 bits per heavy atom. The lowest BCUT2D eigenvalue weighted by molar-refractivity contribution is -0.139. The van der Waals surface area contributed by atoms with E-state index in [0.29, 0.717) is 28.2 Å². The van der Waals surface area contributed by atoms with Crippen LogP contribution in [0.5, 0.6) is 5.75 Å². The van der Waals surface area contributed by atoms with Crippen molar-refractivity contribution in [2.45, 2.75) is 45.3 Å². The summed E-state index contributed by atoms with van der Waals surface area (Å²) in [7, 11) is 0. The normalized spacial score (nSPS) is 11.8. The third-order valence-corrected chi connectivity index (χ3v) is 6.44. The molecular weight excluding hydrogens is 504 g/mol. The minimum Gasteiger partial charge on any atom is -0.481 e. The molecule has 0 unspecified atom stereocenters. The van der Waals surface area contributed by atoms with Crippen LogP contribution in [-0.2, 0) is 23.9 Å². The quantitative estimate of drug-likeness (QED) is 0.186. The summed E-state index contributed by atoms with van der Waals surface area (Å²) in [5.41, 5.74) is 5.51. The van der Waals surface area contributed by atoms with Gasteiger partial charge in [0.25, 0.3) is 0 Å². The number of fused-ring (bicyclic) bond motifs is 3. The highest BCUT2D eigenvalue weighted by atomic mass is 19.4. The van der Waals surface area contributed by atoms with Crippen LogP contribution in [-0.4, -0.2) is 28.2 Å². The summed E-state index contributed by atoms with van der Waals surface area (Å²) in [6.07, 6.45) is -1.48. The molecule has 0 atom stereocenters. The van der Waals surface area contributed by atoms with Gasteiger partial charge in [0.2, 0.25) is 5.91 Å². The maximum atomic E-state index is 14.9. The molecule has 0 aliphatic heterocycles. The molecule has 1 aromatic heterocycles. The summed E-state index contributed by atoms with van der Waals surface area (Å²) in [4.78, 5) is 23.7. The molecule has 0 saturated heterocycles. The number of nitrogens with two attached hydrogens (primary N) is 1. The van der Waals surface area contributed by atoms with Gasteiger partial charge in [-0.3, -0.25) is 4.79 Å². The van der Waals surface area contributed by atoms with E-state index in [9.17, 15) is 32.3 Å². The number of aliphatic carboxylic acids is 1. The lowest BCUT2D eigenvalue weighted by atomic mass is 10.0. The molecule has 4 aromatic rings. The SMILES string of the molecule is CCCCCc1cc(OCC(=O)O)c2c3c(C(N)=O)cccc3n(Cc3c(F)cccc3C(F)(F)F)c2c1. The molecular formula is C28H26F4N2O4. The van der Waals surface area contributed by atoms with Gasteiger partial charge in [-0.2, -0.15) is 13.2 Å². The number of ether oxygens (including phenoxy) is 1. The van der Waals surface area contributed by atoms with Gasteiger partial charge in [-0.05, 0) is 54.8 Å². The van der Waals surface area contributed by atoms with Gasteiger partial charge in [-0.15, -0.1) is 0 Å². The average Bonchev–Trinajstić information content (AvgIpc) is 3.16. The number of amides is 1. The summed E-state index contributed by atoms with van der Waals surface area (Å²) in [6.45, 7) is 0.867. The number of hydrogen-bond acceptors (Lipinski definition) is 3.